The number of ether oxygens (including phenoxy) is 1. The monoisotopic (exact) mass is 250 g/mol. The summed E-state index contributed by atoms with van der Waals surface area (Å²) in [5.74, 6) is 0. The van der Waals surface area contributed by atoms with Gasteiger partial charge in [-0.15, -0.1) is 0 Å². The number of hydrogen-bond acceptors (Lipinski definition) is 3. The van der Waals surface area contributed by atoms with E-state index in [9.17, 15) is 0 Å². The molecule has 3 nitrogen and oxygen atoms in total. The number of hydrogen-bond donors (Lipinski definition) is 0. The summed E-state index contributed by atoms with van der Waals surface area (Å²) in [5, 5.41) is 9.42. The largest absolute Gasteiger partial charge is 0.376 e. The van der Waals surface area contributed by atoms with Crippen LogP contribution in [0.1, 0.15) is 18.9 Å². The number of halogens is 1. The maximum atomic E-state index is 8.80. The molecule has 1 saturated heterocycles. The van der Waals surface area contributed by atoms with Gasteiger partial charge in [-0.25, -0.2) is 0 Å². The van der Waals surface area contributed by atoms with Crippen LogP contribution in [0.25, 0.3) is 0 Å². The second kappa shape index (κ2) is 4.95. The lowest BCUT2D eigenvalue weighted by molar-refractivity contribution is 0.118. The molecule has 1 fully saturated rings. The Morgan fingerprint density at radius 3 is 2.82 bits per heavy atom. The second-order valence-electron chi connectivity index (χ2n) is 4.32. The Morgan fingerprint density at radius 2 is 2.29 bits per heavy atom. The standard InChI is InChI=1S/C13H15ClN2O/c1-9-12(5-6-17-9)16(2)13-4-3-10(8-15)7-11(13)14/h3-4,7,9,12H,5-6H2,1-2H3. The third kappa shape index (κ3) is 2.38. The summed E-state index contributed by atoms with van der Waals surface area (Å²) in [6.45, 7) is 2.87. The average Bonchev–Trinajstić information content (AvgIpc) is 2.74. The van der Waals surface area contributed by atoms with Gasteiger partial charge in [-0.05, 0) is 31.5 Å². The van der Waals surface area contributed by atoms with Crippen LogP contribution in [0.2, 0.25) is 5.02 Å². The Morgan fingerprint density at radius 1 is 1.53 bits per heavy atom. The summed E-state index contributed by atoms with van der Waals surface area (Å²) in [5.41, 5.74) is 1.54. The molecular formula is C13H15ClN2O. The van der Waals surface area contributed by atoms with Crippen LogP contribution in [0.5, 0.6) is 0 Å². The first kappa shape index (κ1) is 12.2. The molecule has 17 heavy (non-hydrogen) atoms. The van der Waals surface area contributed by atoms with Crippen LogP contribution in [0.15, 0.2) is 18.2 Å². The Kier molecular flexibility index (Phi) is 3.56. The summed E-state index contributed by atoms with van der Waals surface area (Å²) in [6, 6.07) is 7.82. The van der Waals surface area contributed by atoms with Crippen molar-refractivity contribution in [1.29, 1.82) is 5.26 Å². The van der Waals surface area contributed by atoms with E-state index in [4.69, 9.17) is 21.6 Å². The van der Waals surface area contributed by atoms with E-state index >= 15 is 0 Å². The molecule has 0 aromatic heterocycles. The van der Waals surface area contributed by atoms with Crippen molar-refractivity contribution >= 4 is 17.3 Å². The molecule has 2 atom stereocenters. The van der Waals surface area contributed by atoms with Crippen molar-refractivity contribution in [2.75, 3.05) is 18.6 Å². The van der Waals surface area contributed by atoms with Gasteiger partial charge < -0.3 is 9.64 Å². The summed E-state index contributed by atoms with van der Waals surface area (Å²) < 4.78 is 5.56. The van der Waals surface area contributed by atoms with Crippen LogP contribution in [-0.4, -0.2) is 25.8 Å². The van der Waals surface area contributed by atoms with Crippen molar-refractivity contribution in [3.8, 4) is 6.07 Å². The van der Waals surface area contributed by atoms with Gasteiger partial charge in [0.1, 0.15) is 0 Å². The van der Waals surface area contributed by atoms with E-state index in [1.165, 1.54) is 0 Å². The first-order chi connectivity index (χ1) is 8.13. The maximum Gasteiger partial charge on any atom is 0.0992 e. The molecule has 0 aliphatic carbocycles. The van der Waals surface area contributed by atoms with Crippen molar-refractivity contribution in [3.63, 3.8) is 0 Å². The molecule has 1 heterocycles. The molecule has 1 aliphatic rings. The fourth-order valence-electron chi connectivity index (χ4n) is 2.27. The van der Waals surface area contributed by atoms with Crippen LogP contribution in [0, 0.1) is 11.3 Å². The van der Waals surface area contributed by atoms with Gasteiger partial charge in [0.15, 0.2) is 0 Å². The molecule has 1 aromatic rings. The van der Waals surface area contributed by atoms with Gasteiger partial charge >= 0.3 is 0 Å². The zero-order chi connectivity index (χ0) is 12.4. The molecule has 90 valence electrons. The lowest BCUT2D eigenvalue weighted by atomic mass is 10.1. The Balaban J connectivity index is 2.25. The van der Waals surface area contributed by atoms with Crippen LogP contribution in [-0.2, 0) is 4.74 Å². The SMILES string of the molecule is CC1OCCC1N(C)c1ccc(C#N)cc1Cl. The first-order valence-electron chi connectivity index (χ1n) is 5.67. The quantitative estimate of drug-likeness (QED) is 0.810. The molecule has 1 aromatic carbocycles. The van der Waals surface area contributed by atoms with E-state index in [0.717, 1.165) is 18.7 Å². The molecule has 2 unspecified atom stereocenters. The highest BCUT2D eigenvalue weighted by atomic mass is 35.5. The third-order valence-corrected chi connectivity index (χ3v) is 3.59. The lowest BCUT2D eigenvalue weighted by Gasteiger charge is -2.29. The molecule has 1 aliphatic heterocycles. The minimum Gasteiger partial charge on any atom is -0.376 e. The van der Waals surface area contributed by atoms with Gasteiger partial charge in [0.25, 0.3) is 0 Å². The summed E-state index contributed by atoms with van der Waals surface area (Å²) in [4.78, 5) is 2.14. The molecule has 0 N–H and O–H groups in total. The fraction of sp³-hybridized carbons (Fsp3) is 0.462. The van der Waals surface area contributed by atoms with Crippen molar-refractivity contribution in [1.82, 2.24) is 0 Å². The van der Waals surface area contributed by atoms with Gasteiger partial charge in [0.2, 0.25) is 0 Å². The molecule has 4 heteroatoms. The van der Waals surface area contributed by atoms with Crippen molar-refractivity contribution in [3.05, 3.63) is 28.8 Å². The number of anilines is 1. The highest BCUT2D eigenvalue weighted by Gasteiger charge is 2.28. The van der Waals surface area contributed by atoms with Crippen molar-refractivity contribution in [2.45, 2.75) is 25.5 Å². The zero-order valence-corrected chi connectivity index (χ0v) is 10.7. The first-order valence-corrected chi connectivity index (χ1v) is 6.05. The van der Waals surface area contributed by atoms with E-state index < -0.39 is 0 Å². The summed E-state index contributed by atoms with van der Waals surface area (Å²) in [6.07, 6.45) is 1.22. The highest BCUT2D eigenvalue weighted by molar-refractivity contribution is 6.33. The van der Waals surface area contributed by atoms with Crippen LogP contribution in [0.3, 0.4) is 0 Å². The van der Waals surface area contributed by atoms with E-state index in [1.54, 1.807) is 12.1 Å². The van der Waals surface area contributed by atoms with E-state index in [0.29, 0.717) is 16.6 Å². The molecule has 0 bridgehead atoms. The number of rotatable bonds is 2. The second-order valence-corrected chi connectivity index (χ2v) is 4.73. The number of nitrogens with zero attached hydrogens (tertiary/aromatic N) is 2. The van der Waals surface area contributed by atoms with Gasteiger partial charge in [-0.1, -0.05) is 11.6 Å². The molecule has 0 radical (unpaired) electrons. The van der Waals surface area contributed by atoms with E-state index in [-0.39, 0.29) is 6.10 Å². The molecule has 2 rings (SSSR count). The lowest BCUT2D eigenvalue weighted by Crippen LogP contribution is -2.36. The third-order valence-electron chi connectivity index (χ3n) is 3.29. The predicted molar refractivity (Wildman–Crippen MR) is 68.4 cm³/mol. The van der Waals surface area contributed by atoms with Crippen molar-refractivity contribution < 1.29 is 4.74 Å². The Hall–Kier alpha value is -1.24. The summed E-state index contributed by atoms with van der Waals surface area (Å²) >= 11 is 6.20. The molecule has 0 spiro atoms. The average molecular weight is 251 g/mol. The van der Waals surface area contributed by atoms with Crippen LogP contribution < -0.4 is 4.90 Å². The number of benzene rings is 1. The minimum absolute atomic E-state index is 0.215. The van der Waals surface area contributed by atoms with Gasteiger partial charge in [0, 0.05) is 13.7 Å². The van der Waals surface area contributed by atoms with Crippen molar-refractivity contribution in [2.24, 2.45) is 0 Å². The smallest absolute Gasteiger partial charge is 0.0992 e. The number of likely N-dealkylation sites (N-methyl/N-ethyl adjacent to an activating group) is 1. The minimum atomic E-state index is 0.215. The molecule has 0 amide bonds. The van der Waals surface area contributed by atoms with Crippen LogP contribution in [0.4, 0.5) is 5.69 Å². The van der Waals surface area contributed by atoms with Crippen LogP contribution >= 0.6 is 11.6 Å². The maximum absolute atomic E-state index is 8.80. The van der Waals surface area contributed by atoms with E-state index in [2.05, 4.69) is 17.9 Å². The highest BCUT2D eigenvalue weighted by Crippen LogP contribution is 2.30. The van der Waals surface area contributed by atoms with Gasteiger partial charge in [0.05, 0.1) is 34.5 Å². The topological polar surface area (TPSA) is 36.3 Å². The van der Waals surface area contributed by atoms with E-state index in [1.807, 2.05) is 13.1 Å². The number of nitriles is 1. The zero-order valence-electron chi connectivity index (χ0n) is 9.98. The Bertz CT molecular complexity index is 455. The molecular weight excluding hydrogens is 236 g/mol. The normalized spacial score (nSPS) is 23.4. The molecule has 0 saturated carbocycles. The summed E-state index contributed by atoms with van der Waals surface area (Å²) in [7, 11) is 2.02. The predicted octanol–water partition coefficient (Wildman–Crippen LogP) is 2.83. The fourth-order valence-corrected chi connectivity index (χ4v) is 2.58. The Labute approximate surface area is 107 Å². The van der Waals surface area contributed by atoms with Gasteiger partial charge in [-0.2, -0.15) is 5.26 Å². The van der Waals surface area contributed by atoms with Gasteiger partial charge in [-0.3, -0.25) is 0 Å².